The monoisotopic (exact) mass is 354 g/mol. The first-order valence-electron chi connectivity index (χ1n) is 7.49. The van der Waals surface area contributed by atoms with E-state index < -0.39 is 0 Å². The molecule has 0 atom stereocenters. The number of ether oxygens (including phenoxy) is 1. The molecule has 25 heavy (non-hydrogen) atoms. The molecule has 2 aromatic carbocycles. The van der Waals surface area contributed by atoms with Crippen LogP contribution in [-0.4, -0.2) is 19.2 Å². The van der Waals surface area contributed by atoms with Gasteiger partial charge in [-0.15, -0.1) is 11.3 Å². The van der Waals surface area contributed by atoms with Crippen molar-refractivity contribution in [2.24, 2.45) is 5.10 Å². The van der Waals surface area contributed by atoms with Crippen LogP contribution in [0.5, 0.6) is 5.75 Å². The van der Waals surface area contributed by atoms with Crippen molar-refractivity contribution in [2.75, 3.05) is 7.11 Å². The number of amides is 1. The molecule has 0 saturated carbocycles. The van der Waals surface area contributed by atoms with Crippen LogP contribution in [0.1, 0.15) is 15.2 Å². The van der Waals surface area contributed by atoms with Crippen molar-refractivity contribution in [3.8, 4) is 16.2 Å². The molecule has 126 valence electrons. The van der Waals surface area contributed by atoms with E-state index in [0.29, 0.717) is 4.88 Å². The number of carbonyl (C=O) groups excluding carboxylic acids is 1. The number of nitrogens with zero attached hydrogens (tertiary/aromatic N) is 1. The number of nitrogens with one attached hydrogen (secondary N) is 1. The van der Waals surface area contributed by atoms with E-state index >= 15 is 0 Å². The van der Waals surface area contributed by atoms with Crippen LogP contribution in [0.25, 0.3) is 10.4 Å². The summed E-state index contributed by atoms with van der Waals surface area (Å²) in [5.41, 5.74) is 4.21. The molecule has 3 rings (SSSR count). The third-order valence-electron chi connectivity index (χ3n) is 3.45. The van der Waals surface area contributed by atoms with E-state index in [1.54, 1.807) is 31.5 Å². The SMILES string of the molecule is COc1ccc(/C=N\NC(=O)c2ccc(-c3ccc(F)cc3)s2)cc1. The molecule has 0 bridgehead atoms. The Kier molecular flexibility index (Phi) is 5.20. The molecule has 0 unspecified atom stereocenters. The molecule has 3 aromatic rings. The van der Waals surface area contributed by atoms with Gasteiger partial charge in [-0.1, -0.05) is 12.1 Å². The highest BCUT2D eigenvalue weighted by Gasteiger charge is 2.09. The Balaban J connectivity index is 1.63. The zero-order valence-corrected chi connectivity index (χ0v) is 14.2. The van der Waals surface area contributed by atoms with Crippen molar-refractivity contribution in [2.45, 2.75) is 0 Å². The van der Waals surface area contributed by atoms with Gasteiger partial charge < -0.3 is 4.74 Å². The standard InChI is InChI=1S/C19H15FN2O2S/c1-24-16-8-2-13(3-9-16)12-21-22-19(23)18-11-10-17(25-18)14-4-6-15(20)7-5-14/h2-12H,1H3,(H,22,23)/b21-12-. The summed E-state index contributed by atoms with van der Waals surface area (Å²) in [5.74, 6) is 0.183. The summed E-state index contributed by atoms with van der Waals surface area (Å²) in [4.78, 5) is 13.6. The van der Waals surface area contributed by atoms with E-state index in [9.17, 15) is 9.18 Å². The summed E-state index contributed by atoms with van der Waals surface area (Å²) in [5, 5.41) is 3.96. The van der Waals surface area contributed by atoms with Crippen molar-refractivity contribution in [1.82, 2.24) is 5.43 Å². The largest absolute Gasteiger partial charge is 0.497 e. The highest BCUT2D eigenvalue weighted by atomic mass is 32.1. The highest BCUT2D eigenvalue weighted by molar-refractivity contribution is 7.17. The van der Waals surface area contributed by atoms with E-state index in [0.717, 1.165) is 21.8 Å². The van der Waals surface area contributed by atoms with Crippen LogP contribution >= 0.6 is 11.3 Å². The van der Waals surface area contributed by atoms with Gasteiger partial charge >= 0.3 is 0 Å². The summed E-state index contributed by atoms with van der Waals surface area (Å²) >= 11 is 1.33. The number of hydrogen-bond donors (Lipinski definition) is 1. The smallest absolute Gasteiger partial charge is 0.281 e. The van der Waals surface area contributed by atoms with Crippen molar-refractivity contribution in [3.63, 3.8) is 0 Å². The first-order chi connectivity index (χ1) is 12.2. The minimum absolute atomic E-state index is 0.286. The molecular weight excluding hydrogens is 339 g/mol. The molecule has 0 fully saturated rings. The maximum Gasteiger partial charge on any atom is 0.281 e. The van der Waals surface area contributed by atoms with Crippen molar-refractivity contribution >= 4 is 23.5 Å². The molecule has 0 aliphatic rings. The predicted molar refractivity (Wildman–Crippen MR) is 97.8 cm³/mol. The number of benzene rings is 2. The van der Waals surface area contributed by atoms with Crippen LogP contribution in [0.3, 0.4) is 0 Å². The van der Waals surface area contributed by atoms with Crippen LogP contribution in [0.15, 0.2) is 65.8 Å². The zero-order chi connectivity index (χ0) is 17.6. The number of halogens is 1. The Morgan fingerprint density at radius 1 is 1.08 bits per heavy atom. The van der Waals surface area contributed by atoms with Gasteiger partial charge in [0, 0.05) is 4.88 Å². The normalized spacial score (nSPS) is 10.8. The average molecular weight is 354 g/mol. The average Bonchev–Trinajstić information content (AvgIpc) is 3.13. The van der Waals surface area contributed by atoms with Crippen LogP contribution in [0.2, 0.25) is 0 Å². The lowest BCUT2D eigenvalue weighted by molar-refractivity contribution is 0.0959. The van der Waals surface area contributed by atoms with Gasteiger partial charge in [-0.25, -0.2) is 9.82 Å². The molecule has 4 nitrogen and oxygen atoms in total. The Morgan fingerprint density at radius 3 is 2.48 bits per heavy atom. The molecule has 0 radical (unpaired) electrons. The van der Waals surface area contributed by atoms with Crippen LogP contribution in [0.4, 0.5) is 4.39 Å². The molecule has 0 spiro atoms. The molecular formula is C19H15FN2O2S. The summed E-state index contributed by atoms with van der Waals surface area (Å²) in [6.07, 6.45) is 1.56. The van der Waals surface area contributed by atoms with Gasteiger partial charge in [0.15, 0.2) is 0 Å². The second kappa shape index (κ2) is 7.72. The van der Waals surface area contributed by atoms with Gasteiger partial charge in [0.1, 0.15) is 11.6 Å². The quantitative estimate of drug-likeness (QED) is 0.548. The Bertz CT molecular complexity index is 887. The lowest BCUT2D eigenvalue weighted by Crippen LogP contribution is -2.16. The maximum absolute atomic E-state index is 13.0. The van der Waals surface area contributed by atoms with Gasteiger partial charge in [-0.05, 0) is 59.7 Å². The van der Waals surface area contributed by atoms with Gasteiger partial charge in [0.2, 0.25) is 0 Å². The van der Waals surface area contributed by atoms with Gasteiger partial charge in [-0.3, -0.25) is 4.79 Å². The van der Waals surface area contributed by atoms with Crippen molar-refractivity contribution in [1.29, 1.82) is 0 Å². The third kappa shape index (κ3) is 4.30. The van der Waals surface area contributed by atoms with Gasteiger partial charge in [0.05, 0.1) is 18.2 Å². The lowest BCUT2D eigenvalue weighted by atomic mass is 10.2. The highest BCUT2D eigenvalue weighted by Crippen LogP contribution is 2.28. The molecule has 1 amide bonds. The van der Waals surface area contributed by atoms with Gasteiger partial charge in [0.25, 0.3) is 5.91 Å². The van der Waals surface area contributed by atoms with E-state index in [-0.39, 0.29) is 11.7 Å². The minimum Gasteiger partial charge on any atom is -0.497 e. The summed E-state index contributed by atoms with van der Waals surface area (Å²) in [7, 11) is 1.60. The fourth-order valence-corrected chi connectivity index (χ4v) is 3.04. The first kappa shape index (κ1) is 16.9. The molecule has 0 aliphatic carbocycles. The maximum atomic E-state index is 13.0. The second-order valence-electron chi connectivity index (χ2n) is 5.14. The summed E-state index contributed by atoms with van der Waals surface area (Å²) in [6.45, 7) is 0. The second-order valence-corrected chi connectivity index (χ2v) is 6.23. The number of hydrazone groups is 1. The third-order valence-corrected chi connectivity index (χ3v) is 4.59. The molecule has 1 N–H and O–H groups in total. The topological polar surface area (TPSA) is 50.7 Å². The fraction of sp³-hybridized carbons (Fsp3) is 0.0526. The first-order valence-corrected chi connectivity index (χ1v) is 8.30. The number of methoxy groups -OCH3 is 1. The van der Waals surface area contributed by atoms with Crippen LogP contribution < -0.4 is 10.2 Å². The van der Waals surface area contributed by atoms with Crippen molar-refractivity contribution in [3.05, 3.63) is 76.9 Å². The number of rotatable bonds is 5. The number of carbonyl (C=O) groups is 1. The van der Waals surface area contributed by atoms with Crippen LogP contribution in [0, 0.1) is 5.82 Å². The Labute approximate surface area is 148 Å². The summed E-state index contributed by atoms with van der Waals surface area (Å²) < 4.78 is 18.1. The van der Waals surface area contributed by atoms with E-state index in [2.05, 4.69) is 10.5 Å². The van der Waals surface area contributed by atoms with Crippen LogP contribution in [-0.2, 0) is 0 Å². The van der Waals surface area contributed by atoms with E-state index in [1.807, 2.05) is 30.3 Å². The number of thiophene rings is 1. The summed E-state index contributed by atoms with van der Waals surface area (Å²) in [6, 6.07) is 17.0. The molecule has 6 heteroatoms. The molecule has 1 aromatic heterocycles. The van der Waals surface area contributed by atoms with Gasteiger partial charge in [-0.2, -0.15) is 5.10 Å². The Hall–Kier alpha value is -2.99. The Morgan fingerprint density at radius 2 is 1.80 bits per heavy atom. The van der Waals surface area contributed by atoms with Crippen molar-refractivity contribution < 1.29 is 13.9 Å². The lowest BCUT2D eigenvalue weighted by Gasteiger charge is -1.99. The fourth-order valence-electron chi connectivity index (χ4n) is 2.14. The van der Waals surface area contributed by atoms with E-state index in [1.165, 1.54) is 23.5 Å². The predicted octanol–water partition coefficient (Wildman–Crippen LogP) is 4.33. The zero-order valence-electron chi connectivity index (χ0n) is 13.4. The van der Waals surface area contributed by atoms with E-state index in [4.69, 9.17) is 4.74 Å². The number of hydrogen-bond acceptors (Lipinski definition) is 4. The molecule has 0 saturated heterocycles. The molecule has 0 aliphatic heterocycles. The molecule has 1 heterocycles. The minimum atomic E-state index is -0.289.